The van der Waals surface area contributed by atoms with E-state index in [0.717, 1.165) is 22.5 Å². The molecule has 0 saturated heterocycles. The number of H-pyrrole nitrogens is 1. The van der Waals surface area contributed by atoms with E-state index in [9.17, 15) is 0 Å². The molecule has 3 heteroatoms. The molecule has 90 valence electrons. The molecule has 18 heavy (non-hydrogen) atoms. The Hall–Kier alpha value is -1.87. The summed E-state index contributed by atoms with van der Waals surface area (Å²) in [5.41, 5.74) is 4.35. The standard InChI is InChI=1S/C15H12N2.BrH/c1-3-7-12(8-4-1)14-15(17-11-16-14)13-9-5-2-6-10-13;/h1-11H,(H,16,17);1H. The molecule has 1 heterocycles. The van der Waals surface area contributed by atoms with Crippen molar-refractivity contribution < 1.29 is 0 Å². The minimum atomic E-state index is 0. The number of hydrogen-bond donors (Lipinski definition) is 1. The van der Waals surface area contributed by atoms with E-state index >= 15 is 0 Å². The summed E-state index contributed by atoms with van der Waals surface area (Å²) < 4.78 is 0. The molecule has 0 fully saturated rings. The summed E-state index contributed by atoms with van der Waals surface area (Å²) in [4.78, 5) is 7.62. The maximum atomic E-state index is 4.41. The Labute approximate surface area is 116 Å². The van der Waals surface area contributed by atoms with Crippen molar-refractivity contribution in [3.8, 4) is 22.5 Å². The van der Waals surface area contributed by atoms with Gasteiger partial charge < -0.3 is 4.98 Å². The zero-order chi connectivity index (χ0) is 11.5. The lowest BCUT2D eigenvalue weighted by atomic mass is 10.1. The molecule has 0 aliphatic heterocycles. The van der Waals surface area contributed by atoms with Gasteiger partial charge in [0.15, 0.2) is 0 Å². The first-order chi connectivity index (χ1) is 8.45. The average Bonchev–Trinajstić information content (AvgIpc) is 2.90. The van der Waals surface area contributed by atoms with E-state index in [-0.39, 0.29) is 17.0 Å². The van der Waals surface area contributed by atoms with Crippen molar-refractivity contribution in [2.45, 2.75) is 0 Å². The maximum absolute atomic E-state index is 4.41. The van der Waals surface area contributed by atoms with Crippen LogP contribution in [0, 0.1) is 0 Å². The van der Waals surface area contributed by atoms with Crippen LogP contribution in [0.4, 0.5) is 0 Å². The fourth-order valence-electron chi connectivity index (χ4n) is 1.93. The number of halogens is 1. The third-order valence-electron chi connectivity index (χ3n) is 2.75. The Morgan fingerprint density at radius 2 is 1.28 bits per heavy atom. The van der Waals surface area contributed by atoms with Crippen molar-refractivity contribution >= 4 is 17.0 Å². The molecular formula is C15H13BrN2. The van der Waals surface area contributed by atoms with E-state index in [1.54, 1.807) is 6.33 Å². The monoisotopic (exact) mass is 300 g/mol. The van der Waals surface area contributed by atoms with Gasteiger partial charge in [0.2, 0.25) is 0 Å². The van der Waals surface area contributed by atoms with Crippen molar-refractivity contribution in [2.24, 2.45) is 0 Å². The van der Waals surface area contributed by atoms with E-state index in [0.29, 0.717) is 0 Å². The fraction of sp³-hybridized carbons (Fsp3) is 0. The average molecular weight is 301 g/mol. The van der Waals surface area contributed by atoms with E-state index in [2.05, 4.69) is 34.2 Å². The van der Waals surface area contributed by atoms with Crippen LogP contribution in [0.3, 0.4) is 0 Å². The largest absolute Gasteiger partial charge is 0.344 e. The summed E-state index contributed by atoms with van der Waals surface area (Å²) in [5, 5.41) is 0. The molecule has 0 bridgehead atoms. The summed E-state index contributed by atoms with van der Waals surface area (Å²) in [6, 6.07) is 20.5. The Morgan fingerprint density at radius 1 is 0.722 bits per heavy atom. The van der Waals surface area contributed by atoms with Crippen LogP contribution in [-0.2, 0) is 0 Å². The summed E-state index contributed by atoms with van der Waals surface area (Å²) >= 11 is 0. The first-order valence-corrected chi connectivity index (χ1v) is 5.59. The van der Waals surface area contributed by atoms with Gasteiger partial charge in [-0.25, -0.2) is 4.98 Å². The van der Waals surface area contributed by atoms with Crippen molar-refractivity contribution in [3.05, 3.63) is 67.0 Å². The second-order valence-electron chi connectivity index (χ2n) is 3.86. The number of aromatic amines is 1. The van der Waals surface area contributed by atoms with Gasteiger partial charge in [-0.05, 0) is 0 Å². The minimum Gasteiger partial charge on any atom is -0.344 e. The number of hydrogen-bond acceptors (Lipinski definition) is 1. The van der Waals surface area contributed by atoms with Crippen LogP contribution in [0.1, 0.15) is 0 Å². The lowest BCUT2D eigenvalue weighted by Gasteiger charge is -2.02. The van der Waals surface area contributed by atoms with Crippen LogP contribution < -0.4 is 0 Å². The molecule has 2 nitrogen and oxygen atoms in total. The normalized spacial score (nSPS) is 9.78. The number of nitrogens with one attached hydrogen (secondary N) is 1. The highest BCUT2D eigenvalue weighted by molar-refractivity contribution is 8.93. The molecule has 0 atom stereocenters. The van der Waals surface area contributed by atoms with Gasteiger partial charge in [0.05, 0.1) is 17.7 Å². The van der Waals surface area contributed by atoms with Crippen molar-refractivity contribution in [1.29, 1.82) is 0 Å². The quantitative estimate of drug-likeness (QED) is 0.750. The van der Waals surface area contributed by atoms with Gasteiger partial charge in [0.25, 0.3) is 0 Å². The molecule has 0 aliphatic carbocycles. The predicted octanol–water partition coefficient (Wildman–Crippen LogP) is 4.32. The maximum Gasteiger partial charge on any atom is 0.0960 e. The highest BCUT2D eigenvalue weighted by atomic mass is 79.9. The Morgan fingerprint density at radius 3 is 1.89 bits per heavy atom. The molecule has 0 radical (unpaired) electrons. The number of aromatic nitrogens is 2. The topological polar surface area (TPSA) is 28.7 Å². The van der Waals surface area contributed by atoms with E-state index < -0.39 is 0 Å². The number of benzene rings is 2. The molecule has 3 rings (SSSR count). The van der Waals surface area contributed by atoms with Crippen LogP contribution in [0.5, 0.6) is 0 Å². The number of nitrogens with zero attached hydrogens (tertiary/aromatic N) is 1. The van der Waals surface area contributed by atoms with Crippen molar-refractivity contribution in [3.63, 3.8) is 0 Å². The Kier molecular flexibility index (Phi) is 3.95. The molecule has 1 aromatic heterocycles. The van der Waals surface area contributed by atoms with Gasteiger partial charge >= 0.3 is 0 Å². The first kappa shape index (κ1) is 12.6. The molecular weight excluding hydrogens is 288 g/mol. The second-order valence-corrected chi connectivity index (χ2v) is 3.86. The summed E-state index contributed by atoms with van der Waals surface area (Å²) in [7, 11) is 0. The third-order valence-corrected chi connectivity index (χ3v) is 2.75. The lowest BCUT2D eigenvalue weighted by molar-refractivity contribution is 1.31. The molecule has 0 aliphatic rings. The van der Waals surface area contributed by atoms with Crippen LogP contribution in [-0.4, -0.2) is 9.97 Å². The fourth-order valence-corrected chi connectivity index (χ4v) is 1.93. The van der Waals surface area contributed by atoms with E-state index in [1.807, 2.05) is 36.4 Å². The number of rotatable bonds is 2. The number of imidazole rings is 1. The van der Waals surface area contributed by atoms with Gasteiger partial charge in [-0.2, -0.15) is 0 Å². The second kappa shape index (κ2) is 5.65. The molecule has 0 amide bonds. The molecule has 3 aromatic rings. The zero-order valence-corrected chi connectivity index (χ0v) is 11.4. The molecule has 0 spiro atoms. The van der Waals surface area contributed by atoms with Gasteiger partial charge in [-0.1, -0.05) is 60.7 Å². The lowest BCUT2D eigenvalue weighted by Crippen LogP contribution is -1.82. The SMILES string of the molecule is Br.c1ccc(-c2nc[nH]c2-c2ccccc2)cc1. The van der Waals surface area contributed by atoms with Crippen LogP contribution in [0.15, 0.2) is 67.0 Å². The summed E-state index contributed by atoms with van der Waals surface area (Å²) in [5.74, 6) is 0. The first-order valence-electron chi connectivity index (χ1n) is 5.59. The highest BCUT2D eigenvalue weighted by Gasteiger charge is 2.08. The molecule has 2 aromatic carbocycles. The van der Waals surface area contributed by atoms with Crippen LogP contribution >= 0.6 is 17.0 Å². The summed E-state index contributed by atoms with van der Waals surface area (Å²) in [6.07, 6.45) is 1.74. The summed E-state index contributed by atoms with van der Waals surface area (Å²) in [6.45, 7) is 0. The van der Waals surface area contributed by atoms with Gasteiger partial charge in [0, 0.05) is 11.1 Å². The van der Waals surface area contributed by atoms with E-state index in [1.165, 1.54) is 0 Å². The third kappa shape index (κ3) is 2.36. The smallest absolute Gasteiger partial charge is 0.0960 e. The minimum absolute atomic E-state index is 0. The van der Waals surface area contributed by atoms with Gasteiger partial charge in [-0.15, -0.1) is 17.0 Å². The molecule has 0 saturated carbocycles. The Balaban J connectivity index is 0.00000120. The van der Waals surface area contributed by atoms with Gasteiger partial charge in [-0.3, -0.25) is 0 Å². The van der Waals surface area contributed by atoms with Gasteiger partial charge in [0.1, 0.15) is 0 Å². The Bertz CT molecular complexity index is 549. The van der Waals surface area contributed by atoms with E-state index in [4.69, 9.17) is 0 Å². The van der Waals surface area contributed by atoms with Crippen LogP contribution in [0.25, 0.3) is 22.5 Å². The van der Waals surface area contributed by atoms with Crippen molar-refractivity contribution in [1.82, 2.24) is 9.97 Å². The van der Waals surface area contributed by atoms with Crippen molar-refractivity contribution in [2.75, 3.05) is 0 Å². The zero-order valence-electron chi connectivity index (χ0n) is 9.71. The van der Waals surface area contributed by atoms with Crippen LogP contribution in [0.2, 0.25) is 0 Å². The highest BCUT2D eigenvalue weighted by Crippen LogP contribution is 2.28. The predicted molar refractivity (Wildman–Crippen MR) is 79.8 cm³/mol. The molecule has 0 unspecified atom stereocenters. The molecule has 1 N–H and O–H groups in total.